The molecule has 4 heteroatoms. The Kier molecular flexibility index (Phi) is 4.15. The topological polar surface area (TPSA) is 68.0 Å². The minimum atomic E-state index is 0.0497. The van der Waals surface area contributed by atoms with E-state index in [0.717, 1.165) is 29.4 Å². The highest BCUT2D eigenvalue weighted by atomic mass is 16.1. The molecule has 0 saturated heterocycles. The van der Waals surface area contributed by atoms with Crippen LogP contribution in [0.25, 0.3) is 10.9 Å². The molecule has 1 fully saturated rings. The standard InChI is InChI=1S/C17H21N3O/c18-14-7-2-1-5-12(14)11-17(21)20-16-9-3-8-15-13(16)6-4-10-19-15/h3-4,6,8-10,12,14H,1-2,5,7,11,18H2,(H,20,21). The van der Waals surface area contributed by atoms with Crippen LogP contribution in [0, 0.1) is 5.92 Å². The third kappa shape index (κ3) is 3.22. The van der Waals surface area contributed by atoms with Crippen LogP contribution in [0.5, 0.6) is 0 Å². The van der Waals surface area contributed by atoms with Gasteiger partial charge in [0.25, 0.3) is 0 Å². The molecule has 21 heavy (non-hydrogen) atoms. The average Bonchev–Trinajstić information content (AvgIpc) is 2.50. The van der Waals surface area contributed by atoms with E-state index < -0.39 is 0 Å². The number of aromatic nitrogens is 1. The molecule has 1 aliphatic rings. The van der Waals surface area contributed by atoms with E-state index >= 15 is 0 Å². The van der Waals surface area contributed by atoms with Crippen molar-refractivity contribution in [3.05, 3.63) is 36.5 Å². The van der Waals surface area contributed by atoms with Crippen molar-refractivity contribution >= 4 is 22.5 Å². The number of pyridine rings is 1. The Morgan fingerprint density at radius 1 is 1.24 bits per heavy atom. The van der Waals surface area contributed by atoms with E-state index in [9.17, 15) is 4.79 Å². The molecule has 1 aliphatic carbocycles. The molecule has 0 aliphatic heterocycles. The van der Waals surface area contributed by atoms with Gasteiger partial charge in [0.15, 0.2) is 0 Å². The Hall–Kier alpha value is -1.94. The number of benzene rings is 1. The number of hydrogen-bond acceptors (Lipinski definition) is 3. The number of nitrogens with one attached hydrogen (secondary N) is 1. The van der Waals surface area contributed by atoms with Gasteiger partial charge in [-0.1, -0.05) is 18.9 Å². The molecular formula is C17H21N3O. The van der Waals surface area contributed by atoms with Crippen LogP contribution in [-0.2, 0) is 4.79 Å². The number of fused-ring (bicyclic) bond motifs is 1. The van der Waals surface area contributed by atoms with Crippen molar-refractivity contribution in [2.24, 2.45) is 11.7 Å². The van der Waals surface area contributed by atoms with Gasteiger partial charge in [-0.2, -0.15) is 0 Å². The van der Waals surface area contributed by atoms with Crippen LogP contribution < -0.4 is 11.1 Å². The van der Waals surface area contributed by atoms with Gasteiger partial charge < -0.3 is 11.1 Å². The third-order valence-corrected chi connectivity index (χ3v) is 4.34. The fourth-order valence-corrected chi connectivity index (χ4v) is 3.14. The molecule has 2 unspecified atom stereocenters. The van der Waals surface area contributed by atoms with Gasteiger partial charge in [-0.15, -0.1) is 0 Å². The Bertz CT molecular complexity index is 635. The number of nitrogens with two attached hydrogens (primary N) is 1. The smallest absolute Gasteiger partial charge is 0.224 e. The van der Waals surface area contributed by atoms with Crippen LogP contribution in [0.1, 0.15) is 32.1 Å². The van der Waals surface area contributed by atoms with Crippen molar-refractivity contribution in [3.8, 4) is 0 Å². The van der Waals surface area contributed by atoms with Crippen LogP contribution in [-0.4, -0.2) is 16.9 Å². The highest BCUT2D eigenvalue weighted by Gasteiger charge is 2.24. The number of amides is 1. The summed E-state index contributed by atoms with van der Waals surface area (Å²) in [6.07, 6.45) is 6.74. The molecular weight excluding hydrogens is 262 g/mol. The second-order valence-electron chi connectivity index (χ2n) is 5.84. The second kappa shape index (κ2) is 6.22. The van der Waals surface area contributed by atoms with Gasteiger partial charge in [0.2, 0.25) is 5.91 Å². The summed E-state index contributed by atoms with van der Waals surface area (Å²) in [7, 11) is 0. The average molecular weight is 283 g/mol. The molecule has 2 atom stereocenters. The van der Waals surface area contributed by atoms with Gasteiger partial charge >= 0.3 is 0 Å². The molecule has 110 valence electrons. The minimum absolute atomic E-state index is 0.0497. The lowest BCUT2D eigenvalue weighted by Crippen LogP contribution is -2.35. The van der Waals surface area contributed by atoms with E-state index in [1.807, 2.05) is 30.3 Å². The molecule has 0 radical (unpaired) electrons. The Labute approximate surface area is 124 Å². The highest BCUT2D eigenvalue weighted by molar-refractivity contribution is 6.00. The number of rotatable bonds is 3. The molecule has 1 heterocycles. The summed E-state index contributed by atoms with van der Waals surface area (Å²) >= 11 is 0. The second-order valence-corrected chi connectivity index (χ2v) is 5.84. The van der Waals surface area contributed by atoms with Crippen LogP contribution in [0.2, 0.25) is 0 Å². The zero-order valence-electron chi connectivity index (χ0n) is 12.1. The van der Waals surface area contributed by atoms with E-state index in [1.165, 1.54) is 12.8 Å². The fraction of sp³-hybridized carbons (Fsp3) is 0.412. The predicted molar refractivity (Wildman–Crippen MR) is 84.9 cm³/mol. The van der Waals surface area contributed by atoms with Crippen LogP contribution in [0.4, 0.5) is 5.69 Å². The molecule has 4 nitrogen and oxygen atoms in total. The maximum Gasteiger partial charge on any atom is 0.224 e. The fourth-order valence-electron chi connectivity index (χ4n) is 3.14. The SMILES string of the molecule is NC1CCCCC1CC(=O)Nc1cccc2ncccc12. The van der Waals surface area contributed by atoms with E-state index in [0.29, 0.717) is 12.3 Å². The Morgan fingerprint density at radius 2 is 2.10 bits per heavy atom. The third-order valence-electron chi connectivity index (χ3n) is 4.34. The summed E-state index contributed by atoms with van der Waals surface area (Å²) in [5, 5.41) is 3.99. The molecule has 1 amide bonds. The van der Waals surface area contributed by atoms with E-state index in [2.05, 4.69) is 10.3 Å². The quantitative estimate of drug-likeness (QED) is 0.909. The summed E-state index contributed by atoms with van der Waals surface area (Å²) in [5.74, 6) is 0.362. The first-order valence-corrected chi connectivity index (χ1v) is 7.63. The molecule has 1 aromatic heterocycles. The monoisotopic (exact) mass is 283 g/mol. The molecule has 3 N–H and O–H groups in total. The van der Waals surface area contributed by atoms with Gasteiger partial charge in [0.05, 0.1) is 11.2 Å². The summed E-state index contributed by atoms with van der Waals surface area (Å²) < 4.78 is 0. The van der Waals surface area contributed by atoms with E-state index in [1.54, 1.807) is 6.20 Å². The van der Waals surface area contributed by atoms with Gasteiger partial charge in [-0.3, -0.25) is 9.78 Å². The lowest BCUT2D eigenvalue weighted by molar-refractivity contribution is -0.117. The summed E-state index contributed by atoms with van der Waals surface area (Å²) in [6, 6.07) is 9.81. The van der Waals surface area contributed by atoms with Gasteiger partial charge in [0, 0.05) is 24.0 Å². The maximum absolute atomic E-state index is 12.3. The van der Waals surface area contributed by atoms with Crippen molar-refractivity contribution < 1.29 is 4.79 Å². The van der Waals surface area contributed by atoms with Crippen molar-refractivity contribution in [1.82, 2.24) is 4.98 Å². The number of anilines is 1. The lowest BCUT2D eigenvalue weighted by Gasteiger charge is -2.28. The van der Waals surface area contributed by atoms with Crippen molar-refractivity contribution in [2.75, 3.05) is 5.32 Å². The van der Waals surface area contributed by atoms with Crippen molar-refractivity contribution in [1.29, 1.82) is 0 Å². The van der Waals surface area contributed by atoms with Gasteiger partial charge in [0.1, 0.15) is 0 Å². The summed E-state index contributed by atoms with van der Waals surface area (Å²) in [6.45, 7) is 0. The predicted octanol–water partition coefficient (Wildman–Crippen LogP) is 3.08. The van der Waals surface area contributed by atoms with Crippen molar-refractivity contribution in [2.45, 2.75) is 38.1 Å². The number of hydrogen-bond donors (Lipinski definition) is 2. The van der Waals surface area contributed by atoms with Gasteiger partial charge in [-0.25, -0.2) is 0 Å². The largest absolute Gasteiger partial charge is 0.327 e. The molecule has 0 spiro atoms. The molecule has 2 aromatic rings. The van der Waals surface area contributed by atoms with Crippen LogP contribution in [0.15, 0.2) is 36.5 Å². The number of nitrogens with zero attached hydrogens (tertiary/aromatic N) is 1. The first-order valence-electron chi connectivity index (χ1n) is 7.63. The first-order chi connectivity index (χ1) is 10.2. The molecule has 0 bridgehead atoms. The molecule has 1 saturated carbocycles. The summed E-state index contributed by atoms with van der Waals surface area (Å²) in [4.78, 5) is 16.6. The van der Waals surface area contributed by atoms with E-state index in [-0.39, 0.29) is 11.9 Å². The zero-order valence-corrected chi connectivity index (χ0v) is 12.1. The van der Waals surface area contributed by atoms with E-state index in [4.69, 9.17) is 5.73 Å². The van der Waals surface area contributed by atoms with Gasteiger partial charge in [-0.05, 0) is 43.0 Å². The number of carbonyl (C=O) groups is 1. The normalized spacial score (nSPS) is 22.1. The first kappa shape index (κ1) is 14.0. The Morgan fingerprint density at radius 3 is 2.95 bits per heavy atom. The number of carbonyl (C=O) groups excluding carboxylic acids is 1. The minimum Gasteiger partial charge on any atom is -0.327 e. The zero-order chi connectivity index (χ0) is 14.7. The van der Waals surface area contributed by atoms with Crippen LogP contribution in [0.3, 0.4) is 0 Å². The van der Waals surface area contributed by atoms with Crippen molar-refractivity contribution in [3.63, 3.8) is 0 Å². The maximum atomic E-state index is 12.3. The lowest BCUT2D eigenvalue weighted by atomic mass is 9.83. The Balaban J connectivity index is 1.71. The molecule has 1 aromatic carbocycles. The van der Waals surface area contributed by atoms with Crippen LogP contribution >= 0.6 is 0 Å². The molecule has 3 rings (SSSR count). The highest BCUT2D eigenvalue weighted by Crippen LogP contribution is 2.27. The summed E-state index contributed by atoms with van der Waals surface area (Å²) in [5.41, 5.74) is 7.84.